The van der Waals surface area contributed by atoms with Crippen molar-refractivity contribution in [2.24, 2.45) is 17.3 Å². The van der Waals surface area contributed by atoms with Gasteiger partial charge in [-0.15, -0.1) is 0 Å². The normalized spacial score (nSPS) is 42.9. The average molecular weight is 197 g/mol. The van der Waals surface area contributed by atoms with E-state index in [1.807, 2.05) is 0 Å². The number of aliphatic carboxylic acids is 1. The molecule has 1 spiro atoms. The van der Waals surface area contributed by atoms with Crippen molar-refractivity contribution in [3.63, 3.8) is 0 Å². The predicted molar refractivity (Wildman–Crippen MR) is 54.1 cm³/mol. The number of hydrogen-bond donors (Lipinski definition) is 2. The summed E-state index contributed by atoms with van der Waals surface area (Å²) in [5.41, 5.74) is 0.0729. The van der Waals surface area contributed by atoms with E-state index >= 15 is 0 Å². The fourth-order valence-corrected chi connectivity index (χ4v) is 3.33. The van der Waals surface area contributed by atoms with E-state index in [-0.39, 0.29) is 11.3 Å². The molecule has 3 nitrogen and oxygen atoms in total. The van der Waals surface area contributed by atoms with Crippen molar-refractivity contribution < 1.29 is 9.90 Å². The van der Waals surface area contributed by atoms with Crippen molar-refractivity contribution in [2.75, 3.05) is 13.1 Å². The lowest BCUT2D eigenvalue weighted by Crippen LogP contribution is -2.38. The number of hydrogen-bond acceptors (Lipinski definition) is 2. The first kappa shape index (κ1) is 9.97. The Kier molecular flexibility index (Phi) is 2.52. The highest BCUT2D eigenvalue weighted by Crippen LogP contribution is 2.46. The summed E-state index contributed by atoms with van der Waals surface area (Å²) < 4.78 is 0. The maximum atomic E-state index is 11.1. The van der Waals surface area contributed by atoms with E-state index in [1.165, 1.54) is 12.8 Å². The third-order valence-electron chi connectivity index (χ3n) is 3.99. The van der Waals surface area contributed by atoms with Gasteiger partial charge in [-0.1, -0.05) is 19.8 Å². The van der Waals surface area contributed by atoms with Gasteiger partial charge in [-0.25, -0.2) is 0 Å². The van der Waals surface area contributed by atoms with Gasteiger partial charge in [0.05, 0.1) is 5.92 Å². The van der Waals surface area contributed by atoms with Gasteiger partial charge >= 0.3 is 5.97 Å². The standard InChI is InChI=1S/C11H19NO2/c1-8-3-2-4-11(5-8)7-12-6-9(11)10(13)14/h8-9,12H,2-7H2,1H3,(H,13,14)/t8?,9-,11-/m1/s1. The van der Waals surface area contributed by atoms with Crippen molar-refractivity contribution in [2.45, 2.75) is 32.6 Å². The Morgan fingerprint density at radius 1 is 1.57 bits per heavy atom. The molecule has 1 aliphatic carbocycles. The van der Waals surface area contributed by atoms with Crippen molar-refractivity contribution in [1.82, 2.24) is 5.32 Å². The van der Waals surface area contributed by atoms with E-state index in [2.05, 4.69) is 12.2 Å². The van der Waals surface area contributed by atoms with E-state index < -0.39 is 5.97 Å². The van der Waals surface area contributed by atoms with E-state index in [0.29, 0.717) is 12.5 Å². The van der Waals surface area contributed by atoms with Crippen molar-refractivity contribution in [3.8, 4) is 0 Å². The number of carbonyl (C=O) groups is 1. The first-order chi connectivity index (χ1) is 6.64. The summed E-state index contributed by atoms with van der Waals surface area (Å²) in [7, 11) is 0. The average Bonchev–Trinajstić information content (AvgIpc) is 2.48. The van der Waals surface area contributed by atoms with Gasteiger partial charge < -0.3 is 10.4 Å². The Balaban J connectivity index is 2.16. The molecular formula is C11H19NO2. The zero-order chi connectivity index (χ0) is 10.2. The zero-order valence-corrected chi connectivity index (χ0v) is 8.75. The molecule has 0 amide bonds. The maximum Gasteiger partial charge on any atom is 0.308 e. The molecule has 0 aromatic carbocycles. The lowest BCUT2D eigenvalue weighted by atomic mass is 9.65. The molecule has 2 rings (SSSR count). The van der Waals surface area contributed by atoms with Gasteiger partial charge in [-0.2, -0.15) is 0 Å². The second kappa shape index (κ2) is 3.54. The number of carboxylic acid groups (broad SMARTS) is 1. The smallest absolute Gasteiger partial charge is 0.308 e. The molecule has 0 bridgehead atoms. The number of rotatable bonds is 1. The van der Waals surface area contributed by atoms with Crippen LogP contribution in [0.25, 0.3) is 0 Å². The van der Waals surface area contributed by atoms with Crippen LogP contribution in [0.1, 0.15) is 32.6 Å². The molecule has 0 radical (unpaired) electrons. The molecule has 0 aromatic rings. The largest absolute Gasteiger partial charge is 0.481 e. The molecule has 1 aliphatic heterocycles. The third kappa shape index (κ3) is 1.54. The van der Waals surface area contributed by atoms with Crippen molar-refractivity contribution in [1.29, 1.82) is 0 Å². The molecule has 1 saturated carbocycles. The van der Waals surface area contributed by atoms with Gasteiger partial charge in [0.1, 0.15) is 0 Å². The first-order valence-electron chi connectivity index (χ1n) is 5.57. The Morgan fingerprint density at radius 2 is 2.36 bits per heavy atom. The molecule has 0 aromatic heterocycles. The second-order valence-electron chi connectivity index (χ2n) is 5.09. The van der Waals surface area contributed by atoms with Crippen molar-refractivity contribution >= 4 is 5.97 Å². The molecule has 80 valence electrons. The summed E-state index contributed by atoms with van der Waals surface area (Å²) >= 11 is 0. The molecule has 1 unspecified atom stereocenters. The van der Waals surface area contributed by atoms with Crippen LogP contribution < -0.4 is 5.32 Å². The molecular weight excluding hydrogens is 178 g/mol. The van der Waals surface area contributed by atoms with Crippen LogP contribution in [-0.2, 0) is 4.79 Å². The highest BCUT2D eigenvalue weighted by molar-refractivity contribution is 5.72. The summed E-state index contributed by atoms with van der Waals surface area (Å²) in [4.78, 5) is 11.1. The minimum atomic E-state index is -0.607. The fraction of sp³-hybridized carbons (Fsp3) is 0.909. The summed E-state index contributed by atoms with van der Waals surface area (Å²) in [6.07, 6.45) is 4.67. The zero-order valence-electron chi connectivity index (χ0n) is 8.75. The molecule has 14 heavy (non-hydrogen) atoms. The van der Waals surface area contributed by atoms with Gasteiger partial charge in [0.2, 0.25) is 0 Å². The highest BCUT2D eigenvalue weighted by Gasteiger charge is 2.48. The van der Waals surface area contributed by atoms with Crippen LogP contribution in [0.4, 0.5) is 0 Å². The van der Waals surface area contributed by atoms with Crippen LogP contribution >= 0.6 is 0 Å². The summed E-state index contributed by atoms with van der Waals surface area (Å²) in [6, 6.07) is 0. The fourth-order valence-electron chi connectivity index (χ4n) is 3.33. The van der Waals surface area contributed by atoms with E-state index in [1.54, 1.807) is 0 Å². The Bertz CT molecular complexity index is 241. The van der Waals surface area contributed by atoms with Gasteiger partial charge in [0, 0.05) is 13.1 Å². The number of nitrogens with one attached hydrogen (secondary N) is 1. The quantitative estimate of drug-likeness (QED) is 0.669. The van der Waals surface area contributed by atoms with Gasteiger partial charge in [0.15, 0.2) is 0 Å². The molecule has 1 saturated heterocycles. The summed E-state index contributed by atoms with van der Waals surface area (Å²) in [5, 5.41) is 12.4. The van der Waals surface area contributed by atoms with E-state index in [0.717, 1.165) is 19.4 Å². The minimum Gasteiger partial charge on any atom is -0.481 e. The monoisotopic (exact) mass is 197 g/mol. The van der Waals surface area contributed by atoms with Crippen LogP contribution in [-0.4, -0.2) is 24.2 Å². The molecule has 3 heteroatoms. The van der Waals surface area contributed by atoms with E-state index in [4.69, 9.17) is 0 Å². The lowest BCUT2D eigenvalue weighted by molar-refractivity contribution is -0.145. The third-order valence-corrected chi connectivity index (χ3v) is 3.99. The van der Waals surface area contributed by atoms with Crippen LogP contribution in [0.5, 0.6) is 0 Å². The lowest BCUT2D eigenvalue weighted by Gasteiger charge is -2.39. The maximum absolute atomic E-state index is 11.1. The number of carboxylic acids is 1. The Morgan fingerprint density at radius 3 is 3.00 bits per heavy atom. The van der Waals surface area contributed by atoms with Crippen LogP contribution in [0, 0.1) is 17.3 Å². The van der Waals surface area contributed by atoms with Gasteiger partial charge in [-0.05, 0) is 24.2 Å². The highest BCUT2D eigenvalue weighted by atomic mass is 16.4. The molecule has 2 aliphatic rings. The van der Waals surface area contributed by atoms with Crippen LogP contribution in [0.15, 0.2) is 0 Å². The minimum absolute atomic E-state index is 0.0729. The van der Waals surface area contributed by atoms with Crippen LogP contribution in [0.2, 0.25) is 0 Å². The SMILES string of the molecule is CC1CCC[C@]2(CNC[C@@H]2C(=O)O)C1. The van der Waals surface area contributed by atoms with Gasteiger partial charge in [-0.3, -0.25) is 4.79 Å². The van der Waals surface area contributed by atoms with Gasteiger partial charge in [0.25, 0.3) is 0 Å². The van der Waals surface area contributed by atoms with E-state index in [9.17, 15) is 9.90 Å². The summed E-state index contributed by atoms with van der Waals surface area (Å²) in [5.74, 6) is -0.0557. The molecule has 1 heterocycles. The Hall–Kier alpha value is -0.570. The van der Waals surface area contributed by atoms with Crippen LogP contribution in [0.3, 0.4) is 0 Å². The molecule has 2 N–H and O–H groups in total. The molecule has 3 atom stereocenters. The van der Waals surface area contributed by atoms with Crippen molar-refractivity contribution in [3.05, 3.63) is 0 Å². The topological polar surface area (TPSA) is 49.3 Å². The predicted octanol–water partition coefficient (Wildman–Crippen LogP) is 1.49. The first-order valence-corrected chi connectivity index (χ1v) is 5.57. The molecule has 2 fully saturated rings. The second-order valence-corrected chi connectivity index (χ2v) is 5.09. The Labute approximate surface area is 84.9 Å². The summed E-state index contributed by atoms with van der Waals surface area (Å²) in [6.45, 7) is 3.83.